The molecule has 1 N–H and O–H groups in total. The molecule has 0 fully saturated rings. The van der Waals surface area contributed by atoms with Gasteiger partial charge in [0.05, 0.1) is 5.56 Å². The fourth-order valence-corrected chi connectivity index (χ4v) is 3.50. The monoisotopic (exact) mass is 349 g/mol. The molecular weight excluding hydrogens is 330 g/mol. The van der Waals surface area contributed by atoms with E-state index in [9.17, 15) is 4.79 Å². The number of hydrogen-bond acceptors (Lipinski definition) is 4. The number of anilines is 1. The van der Waals surface area contributed by atoms with Crippen LogP contribution in [-0.4, -0.2) is 15.9 Å². The number of pyridine rings is 2. The predicted octanol–water partition coefficient (Wildman–Crippen LogP) is 4.64. The highest BCUT2D eigenvalue weighted by Gasteiger charge is 2.13. The van der Waals surface area contributed by atoms with Crippen LogP contribution in [0, 0.1) is 13.8 Å². The molecule has 0 spiro atoms. The number of benzene rings is 1. The van der Waals surface area contributed by atoms with Crippen LogP contribution in [-0.2, 0) is 5.75 Å². The van der Waals surface area contributed by atoms with Gasteiger partial charge in [-0.25, -0.2) is 4.98 Å². The summed E-state index contributed by atoms with van der Waals surface area (Å²) in [5.41, 5.74) is 4.77. The fraction of sp³-hybridized carbons (Fsp3) is 0.150. The molecule has 5 heteroatoms. The zero-order valence-corrected chi connectivity index (χ0v) is 15.0. The Morgan fingerprint density at radius 3 is 2.48 bits per heavy atom. The van der Waals surface area contributed by atoms with Crippen molar-refractivity contribution >= 4 is 23.4 Å². The van der Waals surface area contributed by atoms with Gasteiger partial charge in [-0.05, 0) is 66.9 Å². The van der Waals surface area contributed by atoms with Crippen molar-refractivity contribution in [2.75, 3.05) is 5.32 Å². The van der Waals surface area contributed by atoms with Gasteiger partial charge >= 0.3 is 0 Å². The molecular formula is C20H19N3OS. The van der Waals surface area contributed by atoms with E-state index >= 15 is 0 Å². The topological polar surface area (TPSA) is 54.9 Å². The van der Waals surface area contributed by atoms with E-state index in [2.05, 4.69) is 21.4 Å². The summed E-state index contributed by atoms with van der Waals surface area (Å²) in [6.45, 7) is 4.03. The standard InChI is InChI=1S/C20H19N3OS/c1-14-10-15(2)12-17(11-14)23-19(24)18-4-3-7-22-20(18)25-13-16-5-8-21-9-6-16/h3-12H,13H2,1-2H3,(H,23,24). The van der Waals surface area contributed by atoms with Crippen LogP contribution in [0.25, 0.3) is 0 Å². The molecule has 0 atom stereocenters. The van der Waals surface area contributed by atoms with E-state index in [4.69, 9.17) is 0 Å². The molecule has 0 bridgehead atoms. The Balaban J connectivity index is 1.76. The number of hydrogen-bond donors (Lipinski definition) is 1. The molecule has 0 radical (unpaired) electrons. The summed E-state index contributed by atoms with van der Waals surface area (Å²) >= 11 is 1.55. The summed E-state index contributed by atoms with van der Waals surface area (Å²) in [6, 6.07) is 13.5. The second kappa shape index (κ2) is 7.94. The molecule has 2 aromatic heterocycles. The van der Waals surface area contributed by atoms with Gasteiger partial charge in [0.25, 0.3) is 5.91 Å². The van der Waals surface area contributed by atoms with Crippen molar-refractivity contribution in [1.29, 1.82) is 0 Å². The maximum Gasteiger partial charge on any atom is 0.258 e. The summed E-state index contributed by atoms with van der Waals surface area (Å²) in [4.78, 5) is 21.1. The Morgan fingerprint density at radius 2 is 1.76 bits per heavy atom. The van der Waals surface area contributed by atoms with E-state index < -0.39 is 0 Å². The summed E-state index contributed by atoms with van der Waals surface area (Å²) in [7, 11) is 0. The largest absolute Gasteiger partial charge is 0.322 e. The van der Waals surface area contributed by atoms with E-state index in [-0.39, 0.29) is 5.91 Å². The molecule has 0 saturated carbocycles. The third-order valence-corrected chi connectivity index (χ3v) is 4.70. The van der Waals surface area contributed by atoms with E-state index in [1.54, 1.807) is 42.5 Å². The third kappa shape index (κ3) is 4.67. The van der Waals surface area contributed by atoms with Crippen molar-refractivity contribution in [3.63, 3.8) is 0 Å². The number of nitrogens with one attached hydrogen (secondary N) is 1. The van der Waals surface area contributed by atoms with Gasteiger partial charge < -0.3 is 5.32 Å². The van der Waals surface area contributed by atoms with Crippen molar-refractivity contribution in [3.8, 4) is 0 Å². The average molecular weight is 349 g/mol. The van der Waals surface area contributed by atoms with Crippen molar-refractivity contribution in [1.82, 2.24) is 9.97 Å². The maximum atomic E-state index is 12.7. The first-order valence-electron chi connectivity index (χ1n) is 7.98. The zero-order valence-electron chi connectivity index (χ0n) is 14.2. The minimum Gasteiger partial charge on any atom is -0.322 e. The maximum absolute atomic E-state index is 12.7. The van der Waals surface area contributed by atoms with Gasteiger partial charge in [0.1, 0.15) is 5.03 Å². The first-order chi connectivity index (χ1) is 12.1. The van der Waals surface area contributed by atoms with Gasteiger partial charge in [0.2, 0.25) is 0 Å². The highest BCUT2D eigenvalue weighted by Crippen LogP contribution is 2.25. The van der Waals surface area contributed by atoms with Crippen molar-refractivity contribution in [2.45, 2.75) is 24.6 Å². The molecule has 1 aromatic carbocycles. The number of aryl methyl sites for hydroxylation is 2. The third-order valence-electron chi connectivity index (χ3n) is 3.62. The van der Waals surface area contributed by atoms with Crippen molar-refractivity contribution in [3.05, 3.63) is 83.3 Å². The van der Waals surface area contributed by atoms with Crippen LogP contribution in [0.5, 0.6) is 0 Å². The van der Waals surface area contributed by atoms with E-state index in [0.29, 0.717) is 5.56 Å². The molecule has 126 valence electrons. The normalized spacial score (nSPS) is 10.5. The van der Waals surface area contributed by atoms with Crippen LogP contribution in [0.1, 0.15) is 27.0 Å². The summed E-state index contributed by atoms with van der Waals surface area (Å²) in [5, 5.41) is 3.70. The molecule has 3 rings (SSSR count). The smallest absolute Gasteiger partial charge is 0.258 e. The molecule has 0 aliphatic rings. The lowest BCUT2D eigenvalue weighted by Gasteiger charge is -2.10. The second-order valence-corrected chi connectivity index (χ2v) is 6.79. The van der Waals surface area contributed by atoms with Gasteiger partial charge in [0, 0.05) is 30.0 Å². The molecule has 4 nitrogen and oxygen atoms in total. The van der Waals surface area contributed by atoms with Gasteiger partial charge in [0.15, 0.2) is 0 Å². The van der Waals surface area contributed by atoms with Gasteiger partial charge in [-0.1, -0.05) is 6.07 Å². The quantitative estimate of drug-likeness (QED) is 0.682. The number of aromatic nitrogens is 2. The first kappa shape index (κ1) is 17.2. The zero-order chi connectivity index (χ0) is 17.6. The number of thioether (sulfide) groups is 1. The SMILES string of the molecule is Cc1cc(C)cc(NC(=O)c2cccnc2SCc2ccncc2)c1. The number of carbonyl (C=O) groups is 1. The molecule has 25 heavy (non-hydrogen) atoms. The molecule has 0 aliphatic carbocycles. The minimum absolute atomic E-state index is 0.143. The molecule has 0 saturated heterocycles. The molecule has 2 heterocycles. The Kier molecular flexibility index (Phi) is 5.46. The van der Waals surface area contributed by atoms with E-state index in [1.807, 2.05) is 38.1 Å². The number of nitrogens with zero attached hydrogens (tertiary/aromatic N) is 2. The Labute approximate surface area is 151 Å². The average Bonchev–Trinajstić information content (AvgIpc) is 2.60. The number of carbonyl (C=O) groups excluding carboxylic acids is 1. The Morgan fingerprint density at radius 1 is 1.04 bits per heavy atom. The highest BCUT2D eigenvalue weighted by atomic mass is 32.2. The molecule has 3 aromatic rings. The Hall–Kier alpha value is -2.66. The molecule has 0 unspecified atom stereocenters. The number of rotatable bonds is 5. The summed E-state index contributed by atoms with van der Waals surface area (Å²) < 4.78 is 0. The summed E-state index contributed by atoms with van der Waals surface area (Å²) in [5.74, 6) is 0.596. The number of amides is 1. The lowest BCUT2D eigenvalue weighted by Crippen LogP contribution is -2.13. The van der Waals surface area contributed by atoms with Crippen molar-refractivity contribution < 1.29 is 4.79 Å². The lowest BCUT2D eigenvalue weighted by atomic mass is 10.1. The highest BCUT2D eigenvalue weighted by molar-refractivity contribution is 7.98. The lowest BCUT2D eigenvalue weighted by molar-refractivity contribution is 0.102. The van der Waals surface area contributed by atoms with Gasteiger partial charge in [-0.2, -0.15) is 0 Å². The van der Waals surface area contributed by atoms with Crippen LogP contribution in [0.2, 0.25) is 0 Å². The minimum atomic E-state index is -0.143. The van der Waals surface area contributed by atoms with Crippen LogP contribution in [0.3, 0.4) is 0 Å². The Bertz CT molecular complexity index is 861. The first-order valence-corrected chi connectivity index (χ1v) is 8.97. The molecule has 0 aliphatic heterocycles. The van der Waals surface area contributed by atoms with Crippen LogP contribution in [0.4, 0.5) is 5.69 Å². The fourth-order valence-electron chi connectivity index (χ4n) is 2.55. The van der Waals surface area contributed by atoms with Crippen LogP contribution < -0.4 is 5.32 Å². The van der Waals surface area contributed by atoms with Gasteiger partial charge in [-0.3, -0.25) is 9.78 Å². The predicted molar refractivity (Wildman–Crippen MR) is 102 cm³/mol. The van der Waals surface area contributed by atoms with Crippen LogP contribution >= 0.6 is 11.8 Å². The second-order valence-electron chi connectivity index (χ2n) is 5.83. The van der Waals surface area contributed by atoms with Gasteiger partial charge in [-0.15, -0.1) is 11.8 Å². The van der Waals surface area contributed by atoms with E-state index in [1.165, 1.54) is 0 Å². The molecule has 1 amide bonds. The van der Waals surface area contributed by atoms with E-state index in [0.717, 1.165) is 33.2 Å². The van der Waals surface area contributed by atoms with Crippen molar-refractivity contribution in [2.24, 2.45) is 0 Å². The summed E-state index contributed by atoms with van der Waals surface area (Å²) in [6.07, 6.45) is 5.24. The van der Waals surface area contributed by atoms with Crippen LogP contribution in [0.15, 0.2) is 66.1 Å².